The fourth-order valence-electron chi connectivity index (χ4n) is 2.68. The Morgan fingerprint density at radius 3 is 2.62 bits per heavy atom. The van der Waals surface area contributed by atoms with Crippen molar-refractivity contribution in [1.29, 1.82) is 0 Å². The molecule has 0 fully saturated rings. The van der Waals surface area contributed by atoms with Crippen LogP contribution >= 0.6 is 11.6 Å². The monoisotopic (exact) mass is 362 g/mol. The van der Waals surface area contributed by atoms with Gasteiger partial charge in [0.2, 0.25) is 10.0 Å². The first-order valence-corrected chi connectivity index (χ1v) is 9.83. The van der Waals surface area contributed by atoms with Gasteiger partial charge in [-0.15, -0.1) is 0 Å². The lowest BCUT2D eigenvalue weighted by Gasteiger charge is -2.06. The molecule has 0 spiro atoms. The molecule has 24 heavy (non-hydrogen) atoms. The molecule has 0 aliphatic rings. The number of aromatic nitrogens is 1. The zero-order valence-electron chi connectivity index (χ0n) is 13.1. The van der Waals surface area contributed by atoms with Gasteiger partial charge < -0.3 is 4.98 Å². The molecule has 2 aromatic carbocycles. The third-order valence-corrected chi connectivity index (χ3v) is 5.57. The summed E-state index contributed by atoms with van der Waals surface area (Å²) < 4.78 is 26.9. The lowest BCUT2D eigenvalue weighted by Crippen LogP contribution is -2.29. The molecule has 6 heteroatoms. The van der Waals surface area contributed by atoms with E-state index in [-0.39, 0.29) is 5.75 Å². The lowest BCUT2D eigenvalue weighted by molar-refractivity contribution is 0.581. The van der Waals surface area contributed by atoms with Gasteiger partial charge in [-0.3, -0.25) is 0 Å². The topological polar surface area (TPSA) is 62.0 Å². The minimum Gasteiger partial charge on any atom is -0.361 e. The van der Waals surface area contributed by atoms with Crippen LogP contribution in [0.2, 0.25) is 5.02 Å². The molecule has 0 saturated heterocycles. The standard InChI is InChI=1S/C18H19ClN2O2S/c19-16-6-7-17-15(13-20-18(17)12-16)8-10-21-24(22,23)11-9-14-4-2-1-3-5-14/h1-7,12-13,20-21H,8-11H2. The number of hydrogen-bond acceptors (Lipinski definition) is 2. The highest BCUT2D eigenvalue weighted by molar-refractivity contribution is 7.89. The van der Waals surface area contributed by atoms with E-state index in [1.807, 2.05) is 54.7 Å². The van der Waals surface area contributed by atoms with E-state index in [1.54, 1.807) is 0 Å². The fraction of sp³-hybridized carbons (Fsp3) is 0.222. The van der Waals surface area contributed by atoms with Crippen molar-refractivity contribution in [2.45, 2.75) is 12.8 Å². The largest absolute Gasteiger partial charge is 0.361 e. The van der Waals surface area contributed by atoms with E-state index >= 15 is 0 Å². The molecule has 1 heterocycles. The summed E-state index contributed by atoms with van der Waals surface area (Å²) in [6.45, 7) is 0.382. The molecule has 1 aromatic heterocycles. The molecule has 0 amide bonds. The number of benzene rings is 2. The van der Waals surface area contributed by atoms with Gasteiger partial charge in [0, 0.05) is 28.7 Å². The van der Waals surface area contributed by atoms with Gasteiger partial charge in [-0.2, -0.15) is 0 Å². The Morgan fingerprint density at radius 1 is 1.04 bits per heavy atom. The second-order valence-corrected chi connectivity index (χ2v) is 8.07. The predicted octanol–water partition coefficient (Wildman–Crippen LogP) is 3.53. The average molecular weight is 363 g/mol. The van der Waals surface area contributed by atoms with Crippen molar-refractivity contribution in [1.82, 2.24) is 9.71 Å². The van der Waals surface area contributed by atoms with Gasteiger partial charge >= 0.3 is 0 Å². The van der Waals surface area contributed by atoms with Crippen LogP contribution < -0.4 is 4.72 Å². The highest BCUT2D eigenvalue weighted by Gasteiger charge is 2.11. The highest BCUT2D eigenvalue weighted by Crippen LogP contribution is 2.22. The SMILES string of the molecule is O=S(=O)(CCc1ccccc1)NCCc1c[nH]c2cc(Cl)ccc12. The van der Waals surface area contributed by atoms with E-state index in [2.05, 4.69) is 9.71 Å². The van der Waals surface area contributed by atoms with Gasteiger partial charge in [0.1, 0.15) is 0 Å². The van der Waals surface area contributed by atoms with Crippen molar-refractivity contribution < 1.29 is 8.42 Å². The summed E-state index contributed by atoms with van der Waals surface area (Å²) in [5.41, 5.74) is 3.06. The van der Waals surface area contributed by atoms with E-state index in [4.69, 9.17) is 11.6 Å². The number of fused-ring (bicyclic) bond motifs is 1. The number of sulfonamides is 1. The Balaban J connectivity index is 1.54. The molecule has 0 bridgehead atoms. The first kappa shape index (κ1) is 17.0. The lowest BCUT2D eigenvalue weighted by atomic mass is 10.1. The predicted molar refractivity (Wildman–Crippen MR) is 98.9 cm³/mol. The van der Waals surface area contributed by atoms with Gasteiger partial charge in [-0.05, 0) is 36.1 Å². The molecule has 4 nitrogen and oxygen atoms in total. The molecule has 3 rings (SSSR count). The van der Waals surface area contributed by atoms with E-state index in [9.17, 15) is 8.42 Å². The van der Waals surface area contributed by atoms with Crippen LogP contribution in [0.15, 0.2) is 54.7 Å². The maximum atomic E-state index is 12.1. The Hall–Kier alpha value is -1.82. The van der Waals surface area contributed by atoms with Crippen molar-refractivity contribution in [3.8, 4) is 0 Å². The first-order valence-electron chi connectivity index (χ1n) is 7.80. The van der Waals surface area contributed by atoms with Gasteiger partial charge in [0.15, 0.2) is 0 Å². The molecule has 126 valence electrons. The number of rotatable bonds is 7. The van der Waals surface area contributed by atoms with Crippen LogP contribution in [0.5, 0.6) is 0 Å². The molecular weight excluding hydrogens is 344 g/mol. The number of hydrogen-bond donors (Lipinski definition) is 2. The van der Waals surface area contributed by atoms with Crippen LogP contribution in [-0.2, 0) is 22.9 Å². The van der Waals surface area contributed by atoms with Crippen LogP contribution in [-0.4, -0.2) is 25.7 Å². The fourth-order valence-corrected chi connectivity index (χ4v) is 3.91. The summed E-state index contributed by atoms with van der Waals surface area (Å²) in [6.07, 6.45) is 3.05. The Kier molecular flexibility index (Phi) is 5.23. The summed E-state index contributed by atoms with van der Waals surface area (Å²) in [5, 5.41) is 1.75. The van der Waals surface area contributed by atoms with Crippen LogP contribution in [0.25, 0.3) is 10.9 Å². The summed E-state index contributed by atoms with van der Waals surface area (Å²) in [5.74, 6) is 0.0977. The van der Waals surface area contributed by atoms with Gasteiger partial charge in [-0.25, -0.2) is 13.1 Å². The molecule has 0 radical (unpaired) electrons. The van der Waals surface area contributed by atoms with Crippen molar-refractivity contribution in [2.24, 2.45) is 0 Å². The number of H-pyrrole nitrogens is 1. The van der Waals surface area contributed by atoms with Gasteiger partial charge in [0.05, 0.1) is 5.75 Å². The Bertz CT molecular complexity index is 921. The molecule has 0 saturated carbocycles. The zero-order chi connectivity index (χ0) is 17.0. The van der Waals surface area contributed by atoms with E-state index in [1.165, 1.54) is 0 Å². The first-order chi connectivity index (χ1) is 11.5. The van der Waals surface area contributed by atoms with E-state index in [0.29, 0.717) is 24.4 Å². The van der Waals surface area contributed by atoms with Crippen molar-refractivity contribution >= 4 is 32.5 Å². The zero-order valence-corrected chi connectivity index (χ0v) is 14.7. The highest BCUT2D eigenvalue weighted by atomic mass is 35.5. The van der Waals surface area contributed by atoms with Crippen molar-refractivity contribution in [2.75, 3.05) is 12.3 Å². The van der Waals surface area contributed by atoms with Crippen LogP contribution in [0.3, 0.4) is 0 Å². The Labute approximate surface area is 146 Å². The molecule has 0 atom stereocenters. The number of aromatic amines is 1. The number of halogens is 1. The van der Waals surface area contributed by atoms with Gasteiger partial charge in [0.25, 0.3) is 0 Å². The van der Waals surface area contributed by atoms with Crippen molar-refractivity contribution in [3.63, 3.8) is 0 Å². The molecule has 0 aliphatic heterocycles. The number of nitrogens with one attached hydrogen (secondary N) is 2. The van der Waals surface area contributed by atoms with Crippen molar-refractivity contribution in [3.05, 3.63) is 70.9 Å². The summed E-state index contributed by atoms with van der Waals surface area (Å²) in [7, 11) is -3.27. The van der Waals surface area contributed by atoms with Crippen LogP contribution in [0, 0.1) is 0 Å². The minimum absolute atomic E-state index is 0.0977. The second kappa shape index (κ2) is 7.38. The van der Waals surface area contributed by atoms with E-state index in [0.717, 1.165) is 22.0 Å². The quantitative estimate of drug-likeness (QED) is 0.675. The molecule has 3 aromatic rings. The summed E-state index contributed by atoms with van der Waals surface area (Å²) in [4.78, 5) is 3.16. The molecular formula is C18H19ClN2O2S. The van der Waals surface area contributed by atoms with E-state index < -0.39 is 10.0 Å². The van der Waals surface area contributed by atoms with Crippen LogP contribution in [0.1, 0.15) is 11.1 Å². The molecule has 0 aliphatic carbocycles. The second-order valence-electron chi connectivity index (χ2n) is 5.70. The maximum absolute atomic E-state index is 12.1. The maximum Gasteiger partial charge on any atom is 0.211 e. The third kappa shape index (κ3) is 4.38. The van der Waals surface area contributed by atoms with Crippen LogP contribution in [0.4, 0.5) is 0 Å². The molecule has 0 unspecified atom stereocenters. The normalized spacial score (nSPS) is 11.9. The minimum atomic E-state index is -3.27. The molecule has 2 N–H and O–H groups in total. The van der Waals surface area contributed by atoms with Gasteiger partial charge in [-0.1, -0.05) is 48.0 Å². The smallest absolute Gasteiger partial charge is 0.211 e. The Morgan fingerprint density at radius 2 is 1.83 bits per heavy atom. The summed E-state index contributed by atoms with van der Waals surface area (Å²) in [6, 6.07) is 15.3. The summed E-state index contributed by atoms with van der Waals surface area (Å²) >= 11 is 5.97. The average Bonchev–Trinajstić information content (AvgIpc) is 2.96. The number of aryl methyl sites for hydroxylation is 1. The third-order valence-electron chi connectivity index (χ3n) is 3.95.